The van der Waals surface area contributed by atoms with Gasteiger partial charge in [0.1, 0.15) is 0 Å². The Labute approximate surface area is 126 Å². The van der Waals surface area contributed by atoms with Crippen LogP contribution < -0.4 is 0 Å². The summed E-state index contributed by atoms with van der Waals surface area (Å²) in [7, 11) is 1.73. The van der Waals surface area contributed by atoms with Crippen molar-refractivity contribution in [1.82, 2.24) is 4.90 Å². The van der Waals surface area contributed by atoms with Crippen LogP contribution >= 0.6 is 12.4 Å². The van der Waals surface area contributed by atoms with Crippen LogP contribution in [0.25, 0.3) is 0 Å². The van der Waals surface area contributed by atoms with Gasteiger partial charge in [-0.2, -0.15) is 13.2 Å². The van der Waals surface area contributed by atoms with Crippen molar-refractivity contribution in [2.45, 2.75) is 20.0 Å². The van der Waals surface area contributed by atoms with Crippen LogP contribution in [0.4, 0.5) is 18.9 Å². The molecule has 1 N–H and O–H groups in total. The van der Waals surface area contributed by atoms with Crippen molar-refractivity contribution >= 4 is 30.4 Å². The molecule has 0 aliphatic rings. The van der Waals surface area contributed by atoms with E-state index in [1.807, 2.05) is 6.92 Å². The second-order valence-electron chi connectivity index (χ2n) is 4.30. The normalized spacial score (nSPS) is 11.3. The van der Waals surface area contributed by atoms with Gasteiger partial charge in [-0.25, -0.2) is 9.79 Å². The molecular weight excluding hydrogens is 309 g/mol. The van der Waals surface area contributed by atoms with Crippen LogP contribution in [-0.4, -0.2) is 35.9 Å². The van der Waals surface area contributed by atoms with E-state index < -0.39 is 23.3 Å². The summed E-state index contributed by atoms with van der Waals surface area (Å²) in [5.74, 6) is -1.61. The van der Waals surface area contributed by atoms with Gasteiger partial charge in [0, 0.05) is 13.6 Å². The minimum Gasteiger partial charge on any atom is -0.478 e. The first-order chi connectivity index (χ1) is 9.16. The number of aryl methyl sites for hydroxylation is 1. The largest absolute Gasteiger partial charge is 0.478 e. The molecule has 8 heteroatoms. The number of halogens is 4. The Morgan fingerprint density at radius 2 is 2.00 bits per heavy atom. The third-order valence-electron chi connectivity index (χ3n) is 2.76. The maximum absolute atomic E-state index is 12.9. The van der Waals surface area contributed by atoms with Crippen molar-refractivity contribution in [2.75, 3.05) is 13.6 Å². The van der Waals surface area contributed by atoms with Crippen LogP contribution in [0.15, 0.2) is 17.1 Å². The molecule has 21 heavy (non-hydrogen) atoms. The minimum atomic E-state index is -4.73. The van der Waals surface area contributed by atoms with Crippen LogP contribution in [0.1, 0.15) is 28.4 Å². The summed E-state index contributed by atoms with van der Waals surface area (Å²) in [4.78, 5) is 16.5. The number of alkyl halides is 3. The number of carboxylic acid groups (broad SMARTS) is 1. The molecule has 0 atom stereocenters. The number of carboxylic acids is 1. The highest BCUT2D eigenvalue weighted by Gasteiger charge is 2.36. The highest BCUT2D eigenvalue weighted by atomic mass is 35.5. The van der Waals surface area contributed by atoms with Gasteiger partial charge < -0.3 is 10.0 Å². The Morgan fingerprint density at radius 1 is 1.43 bits per heavy atom. The number of hydrogen-bond acceptors (Lipinski definition) is 2. The van der Waals surface area contributed by atoms with Crippen LogP contribution in [0, 0.1) is 6.92 Å². The van der Waals surface area contributed by atoms with Crippen molar-refractivity contribution in [2.24, 2.45) is 4.99 Å². The molecule has 0 saturated carbocycles. The van der Waals surface area contributed by atoms with Gasteiger partial charge in [-0.05, 0) is 31.5 Å². The van der Waals surface area contributed by atoms with Gasteiger partial charge in [0.25, 0.3) is 0 Å². The van der Waals surface area contributed by atoms with E-state index in [1.54, 1.807) is 11.9 Å². The number of carbonyl (C=O) groups is 1. The van der Waals surface area contributed by atoms with E-state index in [4.69, 9.17) is 5.11 Å². The van der Waals surface area contributed by atoms with E-state index in [0.717, 1.165) is 12.1 Å². The monoisotopic (exact) mass is 324 g/mol. The van der Waals surface area contributed by atoms with Gasteiger partial charge in [-0.15, -0.1) is 12.4 Å². The molecule has 0 aromatic heterocycles. The predicted octanol–water partition coefficient (Wildman–Crippen LogP) is 3.75. The van der Waals surface area contributed by atoms with Crippen molar-refractivity contribution in [1.29, 1.82) is 0 Å². The lowest BCUT2D eigenvalue weighted by atomic mass is 10.0. The molecule has 0 saturated heterocycles. The maximum atomic E-state index is 12.9. The number of benzene rings is 1. The number of nitrogens with zero attached hydrogens (tertiary/aromatic N) is 2. The first kappa shape index (κ1) is 19.2. The van der Waals surface area contributed by atoms with Crippen LogP contribution in [0.5, 0.6) is 0 Å². The molecular formula is C13H16ClF3N2O2. The fourth-order valence-electron chi connectivity index (χ4n) is 1.49. The maximum Gasteiger partial charge on any atom is 0.417 e. The Kier molecular flexibility index (Phi) is 6.69. The molecule has 0 aliphatic carbocycles. The molecule has 0 aliphatic heterocycles. The zero-order chi connectivity index (χ0) is 15.5. The van der Waals surface area contributed by atoms with Crippen LogP contribution in [0.3, 0.4) is 0 Å². The molecule has 118 valence electrons. The summed E-state index contributed by atoms with van der Waals surface area (Å²) in [5.41, 5.74) is -1.49. The zero-order valence-electron chi connectivity index (χ0n) is 11.7. The second kappa shape index (κ2) is 7.31. The standard InChI is InChI=1S/C13H15F3N2O2.ClH/c1-4-18(3)7-17-11-6-10(13(14,15)16)9(12(19)20)5-8(11)2;/h5-7H,4H2,1-3H3,(H,19,20);1H. The fourth-order valence-corrected chi connectivity index (χ4v) is 1.49. The summed E-state index contributed by atoms with van der Waals surface area (Å²) in [6, 6.07) is 1.75. The summed E-state index contributed by atoms with van der Waals surface area (Å²) >= 11 is 0. The van der Waals surface area contributed by atoms with Crippen molar-refractivity contribution in [3.05, 3.63) is 28.8 Å². The van der Waals surface area contributed by atoms with E-state index in [9.17, 15) is 18.0 Å². The predicted molar refractivity (Wildman–Crippen MR) is 76.8 cm³/mol. The molecule has 0 amide bonds. The lowest BCUT2D eigenvalue weighted by Gasteiger charge is -2.13. The third-order valence-corrected chi connectivity index (χ3v) is 2.76. The van der Waals surface area contributed by atoms with E-state index in [0.29, 0.717) is 12.1 Å². The van der Waals surface area contributed by atoms with Crippen molar-refractivity contribution in [3.8, 4) is 0 Å². The molecule has 0 unspecified atom stereocenters. The van der Waals surface area contributed by atoms with E-state index in [1.165, 1.54) is 13.3 Å². The van der Waals surface area contributed by atoms with Crippen LogP contribution in [-0.2, 0) is 6.18 Å². The minimum absolute atomic E-state index is 0. The molecule has 1 aromatic rings. The molecule has 0 bridgehead atoms. The average molecular weight is 325 g/mol. The Bertz CT molecular complexity index is 545. The highest BCUT2D eigenvalue weighted by Crippen LogP contribution is 2.36. The lowest BCUT2D eigenvalue weighted by molar-refractivity contribution is -0.138. The van der Waals surface area contributed by atoms with Crippen molar-refractivity contribution in [3.63, 3.8) is 0 Å². The molecule has 0 spiro atoms. The smallest absolute Gasteiger partial charge is 0.417 e. The zero-order valence-corrected chi connectivity index (χ0v) is 12.5. The molecule has 0 radical (unpaired) electrons. The number of aliphatic imine (C=N–C) groups is 1. The van der Waals surface area contributed by atoms with Crippen LogP contribution in [0.2, 0.25) is 0 Å². The average Bonchev–Trinajstić information content (AvgIpc) is 2.34. The summed E-state index contributed by atoms with van der Waals surface area (Å²) in [6.07, 6.45) is -3.33. The molecule has 1 rings (SSSR count). The summed E-state index contributed by atoms with van der Waals surface area (Å²) in [6.45, 7) is 4.04. The first-order valence-electron chi connectivity index (χ1n) is 5.86. The molecule has 0 fully saturated rings. The lowest BCUT2D eigenvalue weighted by Crippen LogP contribution is -2.15. The van der Waals surface area contributed by atoms with Gasteiger partial charge in [0.15, 0.2) is 0 Å². The Balaban J connectivity index is 0.00000400. The third kappa shape index (κ3) is 4.93. The first-order valence-corrected chi connectivity index (χ1v) is 5.86. The van der Waals surface area contributed by atoms with Crippen molar-refractivity contribution < 1.29 is 23.1 Å². The highest BCUT2D eigenvalue weighted by molar-refractivity contribution is 5.91. The van der Waals surface area contributed by atoms with Gasteiger partial charge in [-0.1, -0.05) is 0 Å². The van der Waals surface area contributed by atoms with Gasteiger partial charge >= 0.3 is 12.1 Å². The summed E-state index contributed by atoms with van der Waals surface area (Å²) < 4.78 is 38.6. The fraction of sp³-hybridized carbons (Fsp3) is 0.385. The van der Waals surface area contributed by atoms with Gasteiger partial charge in [0.2, 0.25) is 0 Å². The van der Waals surface area contributed by atoms with E-state index in [-0.39, 0.29) is 18.1 Å². The van der Waals surface area contributed by atoms with E-state index in [2.05, 4.69) is 4.99 Å². The Morgan fingerprint density at radius 3 is 2.43 bits per heavy atom. The molecule has 4 nitrogen and oxygen atoms in total. The van der Waals surface area contributed by atoms with Gasteiger partial charge in [0.05, 0.1) is 23.2 Å². The topological polar surface area (TPSA) is 52.9 Å². The number of rotatable bonds is 4. The SMILES string of the molecule is CCN(C)C=Nc1cc(C(F)(F)F)c(C(=O)O)cc1C.Cl. The van der Waals surface area contributed by atoms with E-state index >= 15 is 0 Å². The Hall–Kier alpha value is -1.76. The number of aromatic carboxylic acids is 1. The molecule has 0 heterocycles. The second-order valence-corrected chi connectivity index (χ2v) is 4.30. The number of hydrogen-bond donors (Lipinski definition) is 1. The quantitative estimate of drug-likeness (QED) is 0.678. The molecule has 1 aromatic carbocycles. The van der Waals surface area contributed by atoms with Gasteiger partial charge in [-0.3, -0.25) is 0 Å². The summed E-state index contributed by atoms with van der Waals surface area (Å²) in [5, 5.41) is 8.85.